The quantitative estimate of drug-likeness (QED) is 0.263. The Bertz CT molecular complexity index is 1970. The van der Waals surface area contributed by atoms with Gasteiger partial charge in [-0.1, -0.05) is 44.2 Å². The maximum absolute atomic E-state index is 15.8. The minimum absolute atomic E-state index is 0.0819. The van der Waals surface area contributed by atoms with Crippen molar-refractivity contribution in [3.63, 3.8) is 0 Å². The zero-order chi connectivity index (χ0) is 28.5. The lowest BCUT2D eigenvalue weighted by atomic mass is 9.83. The van der Waals surface area contributed by atoms with Crippen LogP contribution in [0.1, 0.15) is 50.6 Å². The van der Waals surface area contributed by atoms with Crippen LogP contribution >= 0.6 is 0 Å². The molecule has 0 aliphatic rings. The second-order valence-corrected chi connectivity index (χ2v) is 11.4. The number of fused-ring (bicyclic) bond motifs is 2. The van der Waals surface area contributed by atoms with E-state index in [1.807, 2.05) is 44.4 Å². The van der Waals surface area contributed by atoms with E-state index in [1.54, 1.807) is 39.3 Å². The number of imidazole rings is 2. The lowest BCUT2D eigenvalue weighted by Crippen LogP contribution is -2.24. The molecule has 0 saturated carbocycles. The van der Waals surface area contributed by atoms with Crippen LogP contribution in [0.25, 0.3) is 38.9 Å². The summed E-state index contributed by atoms with van der Waals surface area (Å²) in [5.74, 6) is 0.596. The highest BCUT2D eigenvalue weighted by Gasteiger charge is 2.31. The van der Waals surface area contributed by atoms with Crippen LogP contribution in [0.15, 0.2) is 71.8 Å². The summed E-state index contributed by atoms with van der Waals surface area (Å²) >= 11 is 0. The normalized spacial score (nSPS) is 12.3. The Labute approximate surface area is 232 Å². The van der Waals surface area contributed by atoms with E-state index >= 15 is 4.39 Å². The molecule has 0 bridgehead atoms. The number of hydrogen-bond acceptors (Lipinski definition) is 3. The van der Waals surface area contributed by atoms with Gasteiger partial charge in [-0.15, -0.1) is 0 Å². The number of aryl methyl sites for hydroxylation is 3. The highest BCUT2D eigenvalue weighted by Crippen LogP contribution is 2.38. The van der Waals surface area contributed by atoms with Gasteiger partial charge < -0.3 is 0 Å². The van der Waals surface area contributed by atoms with Crippen LogP contribution < -0.4 is 5.69 Å². The second-order valence-electron chi connectivity index (χ2n) is 11.4. The molecule has 3 aromatic heterocycles. The average molecular weight is 537 g/mol. The van der Waals surface area contributed by atoms with Crippen molar-refractivity contribution in [3.8, 4) is 16.8 Å². The summed E-state index contributed by atoms with van der Waals surface area (Å²) in [7, 11) is 5.41. The van der Waals surface area contributed by atoms with Crippen molar-refractivity contribution in [2.24, 2.45) is 21.1 Å². The van der Waals surface area contributed by atoms with E-state index in [9.17, 15) is 4.79 Å². The highest BCUT2D eigenvalue weighted by atomic mass is 19.1. The number of aromatic nitrogens is 6. The molecule has 3 heterocycles. The van der Waals surface area contributed by atoms with E-state index in [4.69, 9.17) is 4.98 Å². The van der Waals surface area contributed by atoms with E-state index in [0.29, 0.717) is 22.2 Å². The average Bonchev–Trinajstić information content (AvgIpc) is 3.59. The largest absolute Gasteiger partial charge is 0.328 e. The van der Waals surface area contributed by atoms with Gasteiger partial charge in [-0.2, -0.15) is 5.10 Å². The van der Waals surface area contributed by atoms with Gasteiger partial charge >= 0.3 is 5.69 Å². The van der Waals surface area contributed by atoms with Crippen molar-refractivity contribution >= 4 is 22.1 Å². The molecule has 0 amide bonds. The molecule has 7 nitrogen and oxygen atoms in total. The fraction of sp³-hybridized carbons (Fsp3) is 0.281. The number of halogens is 1. The predicted octanol–water partition coefficient (Wildman–Crippen LogP) is 6.20. The van der Waals surface area contributed by atoms with Gasteiger partial charge in [0.25, 0.3) is 0 Å². The van der Waals surface area contributed by atoms with E-state index in [0.717, 1.165) is 33.7 Å². The molecule has 0 N–H and O–H groups in total. The topological polar surface area (TPSA) is 62.6 Å². The minimum atomic E-state index is -0.513. The van der Waals surface area contributed by atoms with E-state index in [2.05, 4.69) is 55.6 Å². The Kier molecular flexibility index (Phi) is 5.83. The molecule has 8 heteroatoms. The zero-order valence-corrected chi connectivity index (χ0v) is 23.9. The Morgan fingerprint density at radius 2 is 1.65 bits per heavy atom. The Morgan fingerprint density at radius 1 is 0.925 bits per heavy atom. The summed E-state index contributed by atoms with van der Waals surface area (Å²) in [6.07, 6.45) is 3.46. The second kappa shape index (κ2) is 9.05. The maximum atomic E-state index is 15.8. The molecule has 0 saturated heterocycles. The number of benzene rings is 3. The Balaban J connectivity index is 1.72. The molecule has 40 heavy (non-hydrogen) atoms. The molecule has 0 aliphatic heterocycles. The molecule has 6 aromatic rings. The number of hydrogen-bond donors (Lipinski definition) is 0. The van der Waals surface area contributed by atoms with Crippen molar-refractivity contribution in [1.82, 2.24) is 28.5 Å². The molecule has 6 rings (SSSR count). The minimum Gasteiger partial charge on any atom is -0.295 e. The van der Waals surface area contributed by atoms with Gasteiger partial charge in [-0.3, -0.25) is 18.4 Å². The van der Waals surface area contributed by atoms with Gasteiger partial charge in [0.2, 0.25) is 0 Å². The van der Waals surface area contributed by atoms with Crippen molar-refractivity contribution in [1.29, 1.82) is 0 Å². The Hall–Kier alpha value is -4.46. The standard InChI is InChI=1S/C32H33FN6O/c1-19(2)23-13-22(14-28-29(23)38(7)31(40)37(28)6)39-27-16-25(33)24(20-17-34-36(5)18-20)15-26(27)35-30(39)32(3,4)21-11-9-8-10-12-21/h8-19H,1-7H3. The predicted molar refractivity (Wildman–Crippen MR) is 158 cm³/mol. The molecule has 204 valence electrons. The van der Waals surface area contributed by atoms with Crippen molar-refractivity contribution in [3.05, 3.63) is 100 Å². The summed E-state index contributed by atoms with van der Waals surface area (Å²) in [6.45, 7) is 8.52. The first-order valence-electron chi connectivity index (χ1n) is 13.5. The van der Waals surface area contributed by atoms with Crippen molar-refractivity contribution < 1.29 is 4.39 Å². The molecule has 0 spiro atoms. The summed E-state index contributed by atoms with van der Waals surface area (Å²) < 4.78 is 22.9. The maximum Gasteiger partial charge on any atom is 0.328 e. The first-order chi connectivity index (χ1) is 19.0. The van der Waals surface area contributed by atoms with Crippen LogP contribution in [0.4, 0.5) is 4.39 Å². The van der Waals surface area contributed by atoms with Crippen LogP contribution in [-0.2, 0) is 26.6 Å². The van der Waals surface area contributed by atoms with E-state index in [1.165, 1.54) is 0 Å². The third-order valence-corrected chi connectivity index (χ3v) is 8.07. The number of rotatable bonds is 5. The third kappa shape index (κ3) is 3.81. The van der Waals surface area contributed by atoms with Gasteiger partial charge in [0.15, 0.2) is 0 Å². The molecule has 0 aliphatic carbocycles. The van der Waals surface area contributed by atoms with Crippen LogP contribution in [0.2, 0.25) is 0 Å². The van der Waals surface area contributed by atoms with Gasteiger partial charge in [0.1, 0.15) is 11.6 Å². The zero-order valence-electron chi connectivity index (χ0n) is 23.9. The fourth-order valence-electron chi connectivity index (χ4n) is 5.78. The van der Waals surface area contributed by atoms with Crippen LogP contribution in [-0.4, -0.2) is 28.5 Å². The summed E-state index contributed by atoms with van der Waals surface area (Å²) in [4.78, 5) is 18.1. The van der Waals surface area contributed by atoms with Crippen LogP contribution in [0, 0.1) is 5.82 Å². The van der Waals surface area contributed by atoms with Crippen molar-refractivity contribution in [2.75, 3.05) is 0 Å². The van der Waals surface area contributed by atoms with Gasteiger partial charge in [0, 0.05) is 55.6 Å². The first kappa shape index (κ1) is 25.8. The lowest BCUT2D eigenvalue weighted by molar-refractivity contribution is 0.582. The smallest absolute Gasteiger partial charge is 0.295 e. The molecule has 0 atom stereocenters. The van der Waals surface area contributed by atoms with Gasteiger partial charge in [0.05, 0.1) is 28.3 Å². The van der Waals surface area contributed by atoms with Gasteiger partial charge in [-0.05, 0) is 49.1 Å². The molecule has 0 unspecified atom stereocenters. The summed E-state index contributed by atoms with van der Waals surface area (Å²) in [6, 6.07) is 17.7. The van der Waals surface area contributed by atoms with Crippen LogP contribution in [0.5, 0.6) is 0 Å². The summed E-state index contributed by atoms with van der Waals surface area (Å²) in [5.41, 5.74) is 6.63. The third-order valence-electron chi connectivity index (χ3n) is 8.07. The van der Waals surface area contributed by atoms with Gasteiger partial charge in [-0.25, -0.2) is 14.2 Å². The molecule has 0 radical (unpaired) electrons. The molecule has 0 fully saturated rings. The molecule has 3 aromatic carbocycles. The molecular weight excluding hydrogens is 503 g/mol. The fourth-order valence-corrected chi connectivity index (χ4v) is 5.78. The lowest BCUT2D eigenvalue weighted by Gasteiger charge is -2.26. The highest BCUT2D eigenvalue weighted by molar-refractivity contribution is 5.87. The molecular formula is C32H33FN6O. The summed E-state index contributed by atoms with van der Waals surface area (Å²) in [5, 5.41) is 4.23. The first-order valence-corrected chi connectivity index (χ1v) is 13.5. The SMILES string of the molecule is CC(C)c1cc(-n2c(C(C)(C)c3ccccc3)nc3cc(-c4cnn(C)c4)c(F)cc32)cc2c1n(C)c(=O)n2C. The number of nitrogens with zero attached hydrogens (tertiary/aromatic N) is 6. The van der Waals surface area contributed by atoms with Crippen LogP contribution in [0.3, 0.4) is 0 Å². The Morgan fingerprint density at radius 3 is 2.30 bits per heavy atom. The van der Waals surface area contributed by atoms with E-state index < -0.39 is 5.41 Å². The monoisotopic (exact) mass is 536 g/mol. The van der Waals surface area contributed by atoms with E-state index in [-0.39, 0.29) is 17.4 Å². The van der Waals surface area contributed by atoms with Crippen molar-refractivity contribution in [2.45, 2.75) is 39.0 Å².